The third-order valence-electron chi connectivity index (χ3n) is 4.29. The molecule has 0 radical (unpaired) electrons. The smallest absolute Gasteiger partial charge is 0.00819 e. The van der Waals surface area contributed by atoms with Crippen LogP contribution in [0.5, 0.6) is 0 Å². The van der Waals surface area contributed by atoms with Gasteiger partial charge in [0.25, 0.3) is 0 Å². The maximum atomic E-state index is 6.31. The van der Waals surface area contributed by atoms with Gasteiger partial charge in [0, 0.05) is 6.04 Å². The molecule has 2 N–H and O–H groups in total. The van der Waals surface area contributed by atoms with Crippen LogP contribution < -0.4 is 5.73 Å². The summed E-state index contributed by atoms with van der Waals surface area (Å²) < 4.78 is 0. The summed E-state index contributed by atoms with van der Waals surface area (Å²) in [7, 11) is 0. The van der Waals surface area contributed by atoms with Crippen LogP contribution in [-0.4, -0.2) is 6.04 Å². The Morgan fingerprint density at radius 1 is 1.06 bits per heavy atom. The van der Waals surface area contributed by atoms with Crippen LogP contribution in [0.15, 0.2) is 24.3 Å². The second kappa shape index (κ2) is 6.94. The highest BCUT2D eigenvalue weighted by atomic mass is 14.6. The van der Waals surface area contributed by atoms with Gasteiger partial charge >= 0.3 is 0 Å². The second-order valence-electron chi connectivity index (χ2n) is 5.87. The van der Waals surface area contributed by atoms with Gasteiger partial charge in [0.15, 0.2) is 0 Å². The van der Waals surface area contributed by atoms with E-state index in [2.05, 4.69) is 31.2 Å². The molecule has 0 saturated heterocycles. The van der Waals surface area contributed by atoms with Crippen LogP contribution in [0.2, 0.25) is 0 Å². The van der Waals surface area contributed by atoms with Crippen LogP contribution in [0.1, 0.15) is 56.6 Å². The number of aryl methyl sites for hydroxylation is 1. The van der Waals surface area contributed by atoms with Gasteiger partial charge in [-0.3, -0.25) is 0 Å². The largest absolute Gasteiger partial charge is 0.327 e. The minimum atomic E-state index is 0.348. The third kappa shape index (κ3) is 4.13. The van der Waals surface area contributed by atoms with Crippen molar-refractivity contribution in [1.82, 2.24) is 0 Å². The summed E-state index contributed by atoms with van der Waals surface area (Å²) in [5.74, 6) is 0.892. The van der Waals surface area contributed by atoms with Crippen molar-refractivity contribution in [1.29, 1.82) is 0 Å². The molecule has 0 aromatic heterocycles. The highest BCUT2D eigenvalue weighted by Crippen LogP contribution is 2.27. The monoisotopic (exact) mass is 245 g/mol. The van der Waals surface area contributed by atoms with E-state index in [1.165, 1.54) is 49.7 Å². The van der Waals surface area contributed by atoms with Gasteiger partial charge in [-0.1, -0.05) is 63.3 Å². The van der Waals surface area contributed by atoms with Crippen LogP contribution >= 0.6 is 0 Å². The first-order chi connectivity index (χ1) is 8.78. The summed E-state index contributed by atoms with van der Waals surface area (Å²) in [5.41, 5.74) is 9.12. The maximum absolute atomic E-state index is 6.31. The normalized spacial score (nSPS) is 18.8. The zero-order chi connectivity index (χ0) is 12.8. The van der Waals surface area contributed by atoms with Gasteiger partial charge in [-0.05, 0) is 36.3 Å². The first-order valence-electron chi connectivity index (χ1n) is 7.61. The third-order valence-corrected chi connectivity index (χ3v) is 4.29. The number of nitrogens with two attached hydrogens (primary N) is 1. The Bertz CT molecular complexity index is 335. The second-order valence-corrected chi connectivity index (χ2v) is 5.87. The first kappa shape index (κ1) is 13.6. The Labute approximate surface area is 112 Å². The van der Waals surface area contributed by atoms with Gasteiger partial charge < -0.3 is 5.73 Å². The summed E-state index contributed by atoms with van der Waals surface area (Å²) in [6.45, 7) is 2.20. The van der Waals surface area contributed by atoms with Crippen LogP contribution in [0.3, 0.4) is 0 Å². The molecule has 1 aliphatic carbocycles. The average molecular weight is 245 g/mol. The van der Waals surface area contributed by atoms with Crippen molar-refractivity contribution in [3.05, 3.63) is 35.4 Å². The Kier molecular flexibility index (Phi) is 5.25. The minimum Gasteiger partial charge on any atom is -0.327 e. The summed E-state index contributed by atoms with van der Waals surface area (Å²) >= 11 is 0. The van der Waals surface area contributed by atoms with E-state index in [9.17, 15) is 0 Å². The molecule has 1 nitrogen and oxygen atoms in total. The standard InChI is InChI=1S/C17H27N/c1-2-14-8-10-16(11-9-14)13-17(18)12-15-6-4-3-5-7-15/h8-11,15,17H,2-7,12-13,18H2,1H3. The Morgan fingerprint density at radius 3 is 2.28 bits per heavy atom. The lowest BCUT2D eigenvalue weighted by Crippen LogP contribution is -2.27. The average Bonchev–Trinajstić information content (AvgIpc) is 2.40. The van der Waals surface area contributed by atoms with E-state index in [4.69, 9.17) is 5.73 Å². The van der Waals surface area contributed by atoms with E-state index in [1.54, 1.807) is 0 Å². The molecule has 0 amide bonds. The lowest BCUT2D eigenvalue weighted by Gasteiger charge is -2.24. The Morgan fingerprint density at radius 2 is 1.67 bits per heavy atom. The van der Waals surface area contributed by atoms with Crippen molar-refractivity contribution >= 4 is 0 Å². The van der Waals surface area contributed by atoms with Gasteiger partial charge in [-0.15, -0.1) is 0 Å². The Balaban J connectivity index is 1.80. The molecule has 2 rings (SSSR count). The highest BCUT2D eigenvalue weighted by Gasteiger charge is 2.16. The lowest BCUT2D eigenvalue weighted by atomic mass is 9.84. The van der Waals surface area contributed by atoms with Crippen molar-refractivity contribution in [3.63, 3.8) is 0 Å². The van der Waals surface area contributed by atoms with E-state index in [-0.39, 0.29) is 0 Å². The predicted octanol–water partition coefficient (Wildman–Crippen LogP) is 4.09. The summed E-state index contributed by atoms with van der Waals surface area (Å²) in [5, 5.41) is 0. The number of rotatable bonds is 5. The van der Waals surface area contributed by atoms with Gasteiger partial charge in [0.2, 0.25) is 0 Å². The SMILES string of the molecule is CCc1ccc(CC(N)CC2CCCCC2)cc1. The number of hydrogen-bond acceptors (Lipinski definition) is 1. The van der Waals surface area contributed by atoms with Crippen LogP contribution in [0.25, 0.3) is 0 Å². The van der Waals surface area contributed by atoms with Gasteiger partial charge in [0.1, 0.15) is 0 Å². The van der Waals surface area contributed by atoms with E-state index < -0.39 is 0 Å². The van der Waals surface area contributed by atoms with E-state index in [1.807, 2.05) is 0 Å². The molecule has 1 aromatic rings. The molecule has 1 saturated carbocycles. The lowest BCUT2D eigenvalue weighted by molar-refractivity contribution is 0.317. The van der Waals surface area contributed by atoms with Crippen molar-refractivity contribution in [2.24, 2.45) is 11.7 Å². The van der Waals surface area contributed by atoms with Crippen molar-refractivity contribution < 1.29 is 0 Å². The molecule has 0 heterocycles. The fourth-order valence-corrected chi connectivity index (χ4v) is 3.15. The van der Waals surface area contributed by atoms with Crippen molar-refractivity contribution in [3.8, 4) is 0 Å². The number of benzene rings is 1. The minimum absolute atomic E-state index is 0.348. The highest BCUT2D eigenvalue weighted by molar-refractivity contribution is 5.23. The molecule has 1 atom stereocenters. The Hall–Kier alpha value is -0.820. The van der Waals surface area contributed by atoms with Gasteiger partial charge in [-0.2, -0.15) is 0 Å². The molecule has 1 heteroatoms. The van der Waals surface area contributed by atoms with Crippen molar-refractivity contribution in [2.75, 3.05) is 0 Å². The van der Waals surface area contributed by atoms with Gasteiger partial charge in [-0.25, -0.2) is 0 Å². The summed E-state index contributed by atoms with van der Waals surface area (Å²) in [6, 6.07) is 9.32. The quantitative estimate of drug-likeness (QED) is 0.830. The molecule has 18 heavy (non-hydrogen) atoms. The summed E-state index contributed by atoms with van der Waals surface area (Å²) in [4.78, 5) is 0. The molecule has 0 bridgehead atoms. The predicted molar refractivity (Wildman–Crippen MR) is 78.7 cm³/mol. The van der Waals surface area contributed by atoms with Gasteiger partial charge in [0.05, 0.1) is 0 Å². The van der Waals surface area contributed by atoms with Crippen LogP contribution in [0, 0.1) is 5.92 Å². The molecule has 100 valence electrons. The van der Waals surface area contributed by atoms with E-state index in [0.29, 0.717) is 6.04 Å². The number of hydrogen-bond donors (Lipinski definition) is 1. The van der Waals surface area contributed by atoms with Crippen LogP contribution in [0.4, 0.5) is 0 Å². The van der Waals surface area contributed by atoms with Crippen LogP contribution in [-0.2, 0) is 12.8 Å². The van der Waals surface area contributed by atoms with E-state index >= 15 is 0 Å². The zero-order valence-corrected chi connectivity index (χ0v) is 11.7. The van der Waals surface area contributed by atoms with Crippen molar-refractivity contribution in [2.45, 2.75) is 64.3 Å². The zero-order valence-electron chi connectivity index (χ0n) is 11.7. The van der Waals surface area contributed by atoms with E-state index in [0.717, 1.165) is 18.8 Å². The molecule has 0 aliphatic heterocycles. The molecular formula is C17H27N. The molecule has 1 aliphatic rings. The summed E-state index contributed by atoms with van der Waals surface area (Å²) in [6.07, 6.45) is 10.5. The topological polar surface area (TPSA) is 26.0 Å². The molecule has 1 unspecified atom stereocenters. The molecule has 0 spiro atoms. The molecule has 1 aromatic carbocycles. The maximum Gasteiger partial charge on any atom is 0.00819 e. The fraction of sp³-hybridized carbons (Fsp3) is 0.647. The molecule has 1 fully saturated rings. The fourth-order valence-electron chi connectivity index (χ4n) is 3.15. The first-order valence-corrected chi connectivity index (χ1v) is 7.61. The molecular weight excluding hydrogens is 218 g/mol.